The number of hydrogen-bond acceptors (Lipinski definition) is 5. The van der Waals surface area contributed by atoms with Crippen molar-refractivity contribution in [3.8, 4) is 0 Å². The van der Waals surface area contributed by atoms with Gasteiger partial charge in [0.15, 0.2) is 0 Å². The summed E-state index contributed by atoms with van der Waals surface area (Å²) in [7, 11) is 0. The van der Waals surface area contributed by atoms with Gasteiger partial charge in [0, 0.05) is 35.0 Å². The number of aryl methyl sites for hydroxylation is 2. The highest BCUT2D eigenvalue weighted by Gasteiger charge is 2.46. The van der Waals surface area contributed by atoms with Crippen molar-refractivity contribution >= 4 is 11.7 Å². The molecule has 5 rings (SSSR count). The molecule has 30 heavy (non-hydrogen) atoms. The minimum absolute atomic E-state index is 0.0150. The maximum atomic E-state index is 13.5. The Morgan fingerprint density at radius 3 is 2.53 bits per heavy atom. The molecule has 2 fully saturated rings. The molecule has 1 amide bonds. The van der Waals surface area contributed by atoms with Crippen LogP contribution >= 0.6 is 0 Å². The molecule has 2 bridgehead atoms. The normalized spacial score (nSPS) is 23.5. The fourth-order valence-electron chi connectivity index (χ4n) is 5.15. The molecule has 0 N–H and O–H groups in total. The fourth-order valence-corrected chi connectivity index (χ4v) is 5.15. The van der Waals surface area contributed by atoms with Gasteiger partial charge in [0.05, 0.1) is 5.69 Å². The smallest absolute Gasteiger partial charge is 0.280 e. The molecule has 0 aromatic carbocycles. The van der Waals surface area contributed by atoms with E-state index in [4.69, 9.17) is 0 Å². The highest BCUT2D eigenvalue weighted by molar-refractivity contribution is 5.95. The number of halogens is 2. The first-order valence-electron chi connectivity index (χ1n) is 10.2. The maximum absolute atomic E-state index is 13.5. The molecule has 0 aliphatic carbocycles. The van der Waals surface area contributed by atoms with Crippen molar-refractivity contribution in [1.82, 2.24) is 29.5 Å². The summed E-state index contributed by atoms with van der Waals surface area (Å²) >= 11 is 0. The van der Waals surface area contributed by atoms with Gasteiger partial charge in [-0.3, -0.25) is 9.78 Å². The van der Waals surface area contributed by atoms with Crippen LogP contribution < -0.4 is 0 Å². The van der Waals surface area contributed by atoms with Crippen molar-refractivity contribution in [3.63, 3.8) is 0 Å². The first-order chi connectivity index (χ1) is 14.4. The van der Waals surface area contributed by atoms with Gasteiger partial charge in [-0.05, 0) is 57.7 Å². The zero-order valence-electron chi connectivity index (χ0n) is 16.8. The molecule has 2 saturated heterocycles. The summed E-state index contributed by atoms with van der Waals surface area (Å²) in [6, 6.07) is 5.17. The lowest BCUT2D eigenvalue weighted by molar-refractivity contribution is 0.0553. The minimum Gasteiger partial charge on any atom is -0.332 e. The lowest BCUT2D eigenvalue weighted by Gasteiger charge is -2.40. The van der Waals surface area contributed by atoms with Gasteiger partial charge in [-0.2, -0.15) is 10.1 Å². The predicted molar refractivity (Wildman–Crippen MR) is 104 cm³/mol. The van der Waals surface area contributed by atoms with Crippen LogP contribution in [0.15, 0.2) is 24.5 Å². The van der Waals surface area contributed by atoms with Crippen molar-refractivity contribution in [3.05, 3.63) is 52.9 Å². The predicted octanol–water partition coefficient (Wildman–Crippen LogP) is 3.62. The second-order valence-electron chi connectivity index (χ2n) is 8.21. The zero-order chi connectivity index (χ0) is 21.0. The van der Waals surface area contributed by atoms with Gasteiger partial charge < -0.3 is 4.90 Å². The highest BCUT2D eigenvalue weighted by Crippen LogP contribution is 2.45. The largest absolute Gasteiger partial charge is 0.332 e. The number of nitrogens with zero attached hydrogens (tertiary/aromatic N) is 6. The second kappa shape index (κ2) is 7.07. The summed E-state index contributed by atoms with van der Waals surface area (Å²) in [4.78, 5) is 27.7. The molecule has 7 nitrogen and oxygen atoms in total. The van der Waals surface area contributed by atoms with E-state index in [1.165, 1.54) is 12.4 Å². The number of carbonyl (C=O) groups is 1. The molecule has 2 aliphatic heterocycles. The van der Waals surface area contributed by atoms with Crippen molar-refractivity contribution < 1.29 is 13.6 Å². The number of piperidine rings is 1. The molecule has 0 spiro atoms. The molecule has 0 saturated carbocycles. The van der Waals surface area contributed by atoms with E-state index >= 15 is 0 Å². The van der Waals surface area contributed by atoms with Crippen molar-refractivity contribution in [2.75, 3.05) is 0 Å². The van der Waals surface area contributed by atoms with Crippen LogP contribution in [0.5, 0.6) is 0 Å². The van der Waals surface area contributed by atoms with Crippen LogP contribution in [0.1, 0.15) is 71.2 Å². The molecule has 0 radical (unpaired) electrons. The lowest BCUT2D eigenvalue weighted by atomic mass is 9.86. The van der Waals surface area contributed by atoms with Crippen LogP contribution in [0.3, 0.4) is 0 Å². The average Bonchev–Trinajstić information content (AvgIpc) is 3.29. The number of amides is 1. The Morgan fingerprint density at radius 1 is 1.07 bits per heavy atom. The molecular formula is C21H22F2N6O. The highest BCUT2D eigenvalue weighted by atomic mass is 19.3. The standard InChI is InChI=1S/C21H22F2N6O/c1-11-7-13(8-12(2)26-11)20(30)28-14-3-5-15(17(28)6-4-14)18-9-16(19(22)23)27-21-24-10-25-29(18)21/h7-10,14-15,17,19H,3-6H2,1-2H3/t14-,15-,17-/m1/s1. The Labute approximate surface area is 172 Å². The van der Waals surface area contributed by atoms with Gasteiger partial charge in [0.25, 0.3) is 18.1 Å². The number of fused-ring (bicyclic) bond motifs is 3. The van der Waals surface area contributed by atoms with Crippen LogP contribution in [0.2, 0.25) is 0 Å². The van der Waals surface area contributed by atoms with E-state index < -0.39 is 6.43 Å². The quantitative estimate of drug-likeness (QED) is 0.657. The number of pyridine rings is 1. The van der Waals surface area contributed by atoms with E-state index in [-0.39, 0.29) is 35.4 Å². The van der Waals surface area contributed by atoms with E-state index in [0.717, 1.165) is 37.1 Å². The summed E-state index contributed by atoms with van der Waals surface area (Å²) in [5.74, 6) is 0.0568. The Morgan fingerprint density at radius 2 is 1.80 bits per heavy atom. The Hall–Kier alpha value is -2.97. The van der Waals surface area contributed by atoms with Gasteiger partial charge in [-0.25, -0.2) is 18.3 Å². The van der Waals surface area contributed by atoms with E-state index in [2.05, 4.69) is 20.1 Å². The van der Waals surface area contributed by atoms with Crippen LogP contribution in [-0.4, -0.2) is 47.5 Å². The van der Waals surface area contributed by atoms with Gasteiger partial charge >= 0.3 is 0 Å². The summed E-state index contributed by atoms with van der Waals surface area (Å²) in [6.07, 6.45) is 2.04. The van der Waals surface area contributed by atoms with Gasteiger partial charge in [0.1, 0.15) is 12.0 Å². The number of hydrogen-bond donors (Lipinski definition) is 0. The van der Waals surface area contributed by atoms with E-state index in [9.17, 15) is 13.6 Å². The SMILES string of the molecule is Cc1cc(C(=O)N2[C@H]3CC[C@@H]2[C@H](c2cc(C(F)F)nc4ncnn24)CC3)cc(C)n1. The number of rotatable bonds is 3. The van der Waals surface area contributed by atoms with Gasteiger partial charge in [-0.15, -0.1) is 0 Å². The number of aromatic nitrogens is 5. The van der Waals surface area contributed by atoms with Crippen molar-refractivity contribution in [1.29, 1.82) is 0 Å². The third kappa shape index (κ3) is 3.03. The molecule has 5 heterocycles. The summed E-state index contributed by atoms with van der Waals surface area (Å²) in [6.45, 7) is 3.75. The molecule has 9 heteroatoms. The molecule has 3 aromatic rings. The van der Waals surface area contributed by atoms with Crippen molar-refractivity contribution in [2.24, 2.45) is 0 Å². The summed E-state index contributed by atoms with van der Waals surface area (Å²) in [5, 5.41) is 4.21. The first-order valence-corrected chi connectivity index (χ1v) is 10.2. The molecule has 156 valence electrons. The van der Waals surface area contributed by atoms with Crippen LogP contribution in [0, 0.1) is 13.8 Å². The van der Waals surface area contributed by atoms with E-state index in [1.807, 2.05) is 30.9 Å². The fraction of sp³-hybridized carbons (Fsp3) is 0.476. The number of alkyl halides is 2. The van der Waals surface area contributed by atoms with E-state index in [0.29, 0.717) is 11.3 Å². The molecule has 2 aliphatic rings. The monoisotopic (exact) mass is 412 g/mol. The Balaban J connectivity index is 1.55. The third-order valence-electron chi connectivity index (χ3n) is 6.29. The number of carbonyl (C=O) groups excluding carboxylic acids is 1. The van der Waals surface area contributed by atoms with Gasteiger partial charge in [-0.1, -0.05) is 0 Å². The van der Waals surface area contributed by atoms with Gasteiger partial charge in [0.2, 0.25) is 0 Å². The van der Waals surface area contributed by atoms with Crippen LogP contribution in [-0.2, 0) is 0 Å². The second-order valence-corrected chi connectivity index (χ2v) is 8.21. The van der Waals surface area contributed by atoms with Crippen LogP contribution in [0.4, 0.5) is 8.78 Å². The van der Waals surface area contributed by atoms with Crippen LogP contribution in [0.25, 0.3) is 5.78 Å². The lowest BCUT2D eigenvalue weighted by Crippen LogP contribution is -2.47. The minimum atomic E-state index is -2.69. The molecular weight excluding hydrogens is 390 g/mol. The summed E-state index contributed by atoms with van der Waals surface area (Å²) < 4.78 is 28.4. The maximum Gasteiger partial charge on any atom is 0.280 e. The molecule has 0 unspecified atom stereocenters. The first kappa shape index (κ1) is 19.0. The zero-order valence-corrected chi connectivity index (χ0v) is 16.8. The average molecular weight is 412 g/mol. The Bertz CT molecular complexity index is 1110. The van der Waals surface area contributed by atoms with Crippen molar-refractivity contribution in [2.45, 2.75) is 64.0 Å². The topological polar surface area (TPSA) is 76.3 Å². The third-order valence-corrected chi connectivity index (χ3v) is 6.29. The molecule has 3 aromatic heterocycles. The van der Waals surface area contributed by atoms with E-state index in [1.54, 1.807) is 4.52 Å². The Kier molecular flexibility index (Phi) is 4.48. The molecule has 3 atom stereocenters. The summed E-state index contributed by atoms with van der Waals surface area (Å²) in [5.41, 5.74) is 2.59.